The quantitative estimate of drug-likeness (QED) is 0.719. The SMILES string of the molecule is Cc1cc(C)n(C2CCN(c3ncc4ncn(C)c4n3)C2)n1. The molecule has 1 fully saturated rings. The van der Waals surface area contributed by atoms with Gasteiger partial charge < -0.3 is 9.47 Å². The molecule has 1 saturated heterocycles. The Morgan fingerprint density at radius 2 is 2.09 bits per heavy atom. The lowest BCUT2D eigenvalue weighted by Crippen LogP contribution is -2.23. The lowest BCUT2D eigenvalue weighted by Gasteiger charge is -2.17. The molecule has 4 rings (SSSR count). The van der Waals surface area contributed by atoms with Gasteiger partial charge in [-0.15, -0.1) is 0 Å². The monoisotopic (exact) mass is 297 g/mol. The standard InChI is InChI=1S/C15H19N7/c1-10-6-11(2)22(19-10)12-4-5-21(8-12)15-16-7-13-14(18-15)20(3)9-17-13/h6-7,9,12H,4-5,8H2,1-3H3. The summed E-state index contributed by atoms with van der Waals surface area (Å²) in [6.07, 6.45) is 4.63. The molecule has 3 aromatic rings. The number of hydrogen-bond acceptors (Lipinski definition) is 5. The first kappa shape index (κ1) is 13.2. The van der Waals surface area contributed by atoms with Crippen molar-refractivity contribution in [1.82, 2.24) is 29.3 Å². The fourth-order valence-electron chi connectivity index (χ4n) is 3.20. The smallest absolute Gasteiger partial charge is 0.227 e. The molecule has 0 spiro atoms. The summed E-state index contributed by atoms with van der Waals surface area (Å²) < 4.78 is 4.06. The fourth-order valence-corrected chi connectivity index (χ4v) is 3.20. The van der Waals surface area contributed by atoms with Gasteiger partial charge in [0.05, 0.1) is 24.3 Å². The summed E-state index contributed by atoms with van der Waals surface area (Å²) in [6.45, 7) is 5.99. The first-order chi connectivity index (χ1) is 10.6. The Labute approximate surface area is 128 Å². The van der Waals surface area contributed by atoms with Crippen molar-refractivity contribution in [2.75, 3.05) is 18.0 Å². The Morgan fingerprint density at radius 3 is 2.86 bits per heavy atom. The van der Waals surface area contributed by atoms with E-state index in [1.165, 1.54) is 5.69 Å². The van der Waals surface area contributed by atoms with Crippen molar-refractivity contribution in [3.63, 3.8) is 0 Å². The first-order valence-corrected chi connectivity index (χ1v) is 7.53. The van der Waals surface area contributed by atoms with Gasteiger partial charge in [-0.3, -0.25) is 4.68 Å². The predicted octanol–water partition coefficient (Wildman–Crippen LogP) is 1.63. The molecule has 0 saturated carbocycles. The Hall–Kier alpha value is -2.44. The molecule has 0 N–H and O–H groups in total. The Morgan fingerprint density at radius 1 is 1.23 bits per heavy atom. The zero-order valence-corrected chi connectivity index (χ0v) is 13.1. The third-order valence-electron chi connectivity index (χ3n) is 4.28. The molecule has 0 radical (unpaired) electrons. The highest BCUT2D eigenvalue weighted by Crippen LogP contribution is 2.26. The average molecular weight is 297 g/mol. The molecular weight excluding hydrogens is 278 g/mol. The second-order valence-corrected chi connectivity index (χ2v) is 5.99. The molecule has 0 bridgehead atoms. The van der Waals surface area contributed by atoms with Crippen LogP contribution in [0.2, 0.25) is 0 Å². The lowest BCUT2D eigenvalue weighted by molar-refractivity contribution is 0.480. The van der Waals surface area contributed by atoms with Gasteiger partial charge in [-0.1, -0.05) is 0 Å². The number of anilines is 1. The van der Waals surface area contributed by atoms with Crippen molar-refractivity contribution < 1.29 is 0 Å². The van der Waals surface area contributed by atoms with Gasteiger partial charge >= 0.3 is 0 Å². The summed E-state index contributed by atoms with van der Waals surface area (Å²) in [5.41, 5.74) is 4.00. The van der Waals surface area contributed by atoms with E-state index in [1.54, 1.807) is 12.5 Å². The van der Waals surface area contributed by atoms with Crippen LogP contribution in [0.3, 0.4) is 0 Å². The number of imidazole rings is 1. The normalized spacial score (nSPS) is 18.5. The third-order valence-corrected chi connectivity index (χ3v) is 4.28. The molecule has 1 aliphatic heterocycles. The number of aromatic nitrogens is 6. The number of nitrogens with zero attached hydrogens (tertiary/aromatic N) is 7. The van der Waals surface area contributed by atoms with Crippen molar-refractivity contribution in [1.29, 1.82) is 0 Å². The van der Waals surface area contributed by atoms with Crippen LogP contribution < -0.4 is 4.90 Å². The van der Waals surface area contributed by atoms with Gasteiger partial charge in [0, 0.05) is 25.8 Å². The molecule has 0 amide bonds. The lowest BCUT2D eigenvalue weighted by atomic mass is 10.2. The van der Waals surface area contributed by atoms with Gasteiger partial charge in [0.25, 0.3) is 0 Å². The fraction of sp³-hybridized carbons (Fsp3) is 0.467. The molecule has 1 unspecified atom stereocenters. The second kappa shape index (κ2) is 4.79. The topological polar surface area (TPSA) is 64.7 Å². The maximum absolute atomic E-state index is 4.66. The minimum absolute atomic E-state index is 0.388. The zero-order chi connectivity index (χ0) is 15.3. The van der Waals surface area contributed by atoms with Gasteiger partial charge in [0.15, 0.2) is 5.65 Å². The maximum Gasteiger partial charge on any atom is 0.227 e. The van der Waals surface area contributed by atoms with Gasteiger partial charge in [-0.25, -0.2) is 9.97 Å². The Bertz CT molecular complexity index is 832. The number of aryl methyl sites for hydroxylation is 3. The molecule has 4 heterocycles. The molecule has 0 aromatic carbocycles. The van der Waals surface area contributed by atoms with Crippen LogP contribution in [0.5, 0.6) is 0 Å². The molecular formula is C15H19N7. The zero-order valence-electron chi connectivity index (χ0n) is 13.1. The summed E-state index contributed by atoms with van der Waals surface area (Å²) in [5.74, 6) is 0.778. The van der Waals surface area contributed by atoms with Crippen LogP contribution in [-0.4, -0.2) is 42.4 Å². The van der Waals surface area contributed by atoms with Gasteiger partial charge in [0.1, 0.15) is 5.52 Å². The second-order valence-electron chi connectivity index (χ2n) is 5.99. The van der Waals surface area contributed by atoms with Crippen LogP contribution in [0.25, 0.3) is 11.2 Å². The van der Waals surface area contributed by atoms with Crippen LogP contribution in [0, 0.1) is 13.8 Å². The van der Waals surface area contributed by atoms with Crippen molar-refractivity contribution in [3.8, 4) is 0 Å². The van der Waals surface area contributed by atoms with Crippen LogP contribution in [0.1, 0.15) is 23.9 Å². The van der Waals surface area contributed by atoms with Gasteiger partial charge in [0.2, 0.25) is 5.95 Å². The first-order valence-electron chi connectivity index (χ1n) is 7.53. The highest BCUT2D eigenvalue weighted by molar-refractivity contribution is 5.70. The molecule has 7 nitrogen and oxygen atoms in total. The van der Waals surface area contributed by atoms with E-state index in [0.29, 0.717) is 6.04 Å². The molecule has 22 heavy (non-hydrogen) atoms. The summed E-state index contributed by atoms with van der Waals surface area (Å²) >= 11 is 0. The van der Waals surface area contributed by atoms with E-state index in [1.807, 2.05) is 18.5 Å². The molecule has 0 aliphatic carbocycles. The van der Waals surface area contributed by atoms with E-state index in [-0.39, 0.29) is 0 Å². The maximum atomic E-state index is 4.66. The summed E-state index contributed by atoms with van der Waals surface area (Å²) in [7, 11) is 1.95. The van der Waals surface area contributed by atoms with E-state index in [2.05, 4.69) is 42.6 Å². The van der Waals surface area contributed by atoms with Crippen LogP contribution >= 0.6 is 0 Å². The van der Waals surface area contributed by atoms with Crippen molar-refractivity contribution >= 4 is 17.1 Å². The largest absolute Gasteiger partial charge is 0.339 e. The Balaban J connectivity index is 1.61. The van der Waals surface area contributed by atoms with Crippen LogP contribution in [0.15, 0.2) is 18.6 Å². The van der Waals surface area contributed by atoms with Crippen LogP contribution in [-0.2, 0) is 7.05 Å². The average Bonchev–Trinajstić information content (AvgIpc) is 3.19. The van der Waals surface area contributed by atoms with Crippen molar-refractivity contribution in [2.24, 2.45) is 7.05 Å². The van der Waals surface area contributed by atoms with Crippen molar-refractivity contribution in [2.45, 2.75) is 26.3 Å². The van der Waals surface area contributed by atoms with Crippen LogP contribution in [0.4, 0.5) is 5.95 Å². The van der Waals surface area contributed by atoms with E-state index in [4.69, 9.17) is 0 Å². The van der Waals surface area contributed by atoms with Gasteiger partial charge in [-0.2, -0.15) is 10.1 Å². The summed E-state index contributed by atoms with van der Waals surface area (Å²) in [4.78, 5) is 15.6. The molecule has 1 aliphatic rings. The summed E-state index contributed by atoms with van der Waals surface area (Å²) in [6, 6.07) is 2.51. The highest BCUT2D eigenvalue weighted by Gasteiger charge is 2.27. The van der Waals surface area contributed by atoms with E-state index in [9.17, 15) is 0 Å². The molecule has 114 valence electrons. The Kier molecular flexibility index (Phi) is 2.88. The van der Waals surface area contributed by atoms with E-state index < -0.39 is 0 Å². The molecule has 7 heteroatoms. The third kappa shape index (κ3) is 2.04. The van der Waals surface area contributed by atoms with Gasteiger partial charge in [-0.05, 0) is 26.3 Å². The van der Waals surface area contributed by atoms with E-state index in [0.717, 1.165) is 42.3 Å². The number of hydrogen-bond donors (Lipinski definition) is 0. The minimum Gasteiger partial charge on any atom is -0.339 e. The van der Waals surface area contributed by atoms with Crippen molar-refractivity contribution in [3.05, 3.63) is 30.0 Å². The molecule has 1 atom stereocenters. The predicted molar refractivity (Wildman–Crippen MR) is 83.9 cm³/mol. The minimum atomic E-state index is 0.388. The highest BCUT2D eigenvalue weighted by atomic mass is 15.4. The number of rotatable bonds is 2. The van der Waals surface area contributed by atoms with E-state index >= 15 is 0 Å². The number of fused-ring (bicyclic) bond motifs is 1. The molecule has 3 aromatic heterocycles. The summed E-state index contributed by atoms with van der Waals surface area (Å²) in [5, 5.41) is 4.61.